The molecule has 2 atom stereocenters. The van der Waals surface area contributed by atoms with Crippen LogP contribution < -0.4 is 5.32 Å². The van der Waals surface area contributed by atoms with Gasteiger partial charge >= 0.3 is 0 Å². The van der Waals surface area contributed by atoms with Crippen LogP contribution in [0.15, 0.2) is 0 Å². The van der Waals surface area contributed by atoms with Crippen LogP contribution in [0.5, 0.6) is 0 Å². The summed E-state index contributed by atoms with van der Waals surface area (Å²) in [7, 11) is 2.08. The number of hydrogen-bond donors (Lipinski definition) is 1. The van der Waals surface area contributed by atoms with Crippen LogP contribution in [-0.2, 0) is 0 Å². The Balaban J connectivity index is 2.15. The summed E-state index contributed by atoms with van der Waals surface area (Å²) >= 11 is 2.06. The predicted octanol–water partition coefficient (Wildman–Crippen LogP) is 1.81. The van der Waals surface area contributed by atoms with Crippen LogP contribution in [0.25, 0.3) is 0 Å². The third-order valence-electron chi connectivity index (χ3n) is 3.14. The summed E-state index contributed by atoms with van der Waals surface area (Å²) in [5, 5.41) is 3.37. The highest BCUT2D eigenvalue weighted by Crippen LogP contribution is 2.16. The van der Waals surface area contributed by atoms with E-state index in [1.807, 2.05) is 0 Å². The number of thioether (sulfide) groups is 1. The standard InChI is InChI=1S/C11H24N2S/c1-4-14-8-6-10(2)13-7-5-11(9-13)12-3/h10-12H,4-9H2,1-3H3. The highest BCUT2D eigenvalue weighted by Gasteiger charge is 2.24. The highest BCUT2D eigenvalue weighted by molar-refractivity contribution is 7.99. The second-order valence-electron chi connectivity index (χ2n) is 4.10. The van der Waals surface area contributed by atoms with E-state index in [4.69, 9.17) is 0 Å². The molecule has 0 aromatic heterocycles. The van der Waals surface area contributed by atoms with Gasteiger partial charge in [0.2, 0.25) is 0 Å². The van der Waals surface area contributed by atoms with Crippen molar-refractivity contribution in [3.8, 4) is 0 Å². The van der Waals surface area contributed by atoms with Crippen molar-refractivity contribution in [2.75, 3.05) is 31.6 Å². The van der Waals surface area contributed by atoms with Gasteiger partial charge in [0.05, 0.1) is 0 Å². The highest BCUT2D eigenvalue weighted by atomic mass is 32.2. The monoisotopic (exact) mass is 216 g/mol. The summed E-state index contributed by atoms with van der Waals surface area (Å²) in [5.41, 5.74) is 0. The number of nitrogens with zero attached hydrogens (tertiary/aromatic N) is 1. The van der Waals surface area contributed by atoms with Gasteiger partial charge in [-0.3, -0.25) is 4.90 Å². The molecule has 1 heterocycles. The molecule has 1 aliphatic rings. The van der Waals surface area contributed by atoms with E-state index in [9.17, 15) is 0 Å². The molecule has 1 fully saturated rings. The van der Waals surface area contributed by atoms with E-state index in [0.717, 1.165) is 12.1 Å². The Morgan fingerprint density at radius 3 is 2.93 bits per heavy atom. The fraction of sp³-hybridized carbons (Fsp3) is 1.00. The lowest BCUT2D eigenvalue weighted by atomic mass is 10.2. The van der Waals surface area contributed by atoms with Crippen molar-refractivity contribution < 1.29 is 0 Å². The second kappa shape index (κ2) is 6.70. The molecular formula is C11H24N2S. The first-order valence-electron chi connectivity index (χ1n) is 5.77. The lowest BCUT2D eigenvalue weighted by Gasteiger charge is -2.24. The zero-order valence-electron chi connectivity index (χ0n) is 9.75. The molecule has 84 valence electrons. The van der Waals surface area contributed by atoms with Gasteiger partial charge in [0.15, 0.2) is 0 Å². The summed E-state index contributed by atoms with van der Waals surface area (Å²) in [4.78, 5) is 2.62. The number of likely N-dealkylation sites (N-methyl/N-ethyl adjacent to an activating group) is 1. The van der Waals surface area contributed by atoms with Crippen molar-refractivity contribution in [1.82, 2.24) is 10.2 Å². The van der Waals surface area contributed by atoms with Gasteiger partial charge in [0, 0.05) is 25.2 Å². The predicted molar refractivity (Wildman–Crippen MR) is 66.1 cm³/mol. The Bertz CT molecular complexity index is 152. The minimum absolute atomic E-state index is 0.733. The van der Waals surface area contributed by atoms with Gasteiger partial charge in [0.1, 0.15) is 0 Å². The summed E-state index contributed by atoms with van der Waals surface area (Å²) in [6, 6.07) is 1.50. The maximum atomic E-state index is 3.37. The molecule has 0 amide bonds. The zero-order chi connectivity index (χ0) is 10.4. The normalized spacial score (nSPS) is 25.5. The summed E-state index contributed by atoms with van der Waals surface area (Å²) in [6.07, 6.45) is 2.66. The molecule has 2 unspecified atom stereocenters. The molecule has 0 aromatic rings. The lowest BCUT2D eigenvalue weighted by Crippen LogP contribution is -2.35. The molecule has 1 saturated heterocycles. The molecule has 0 aromatic carbocycles. The van der Waals surface area contributed by atoms with E-state index in [2.05, 4.69) is 42.9 Å². The Hall–Kier alpha value is 0.270. The first-order chi connectivity index (χ1) is 6.77. The molecule has 1 aliphatic heterocycles. The van der Waals surface area contributed by atoms with Gasteiger partial charge in [-0.15, -0.1) is 0 Å². The molecule has 3 heteroatoms. The average molecular weight is 216 g/mol. The lowest BCUT2D eigenvalue weighted by molar-refractivity contribution is 0.249. The van der Waals surface area contributed by atoms with E-state index in [1.165, 1.54) is 37.4 Å². The van der Waals surface area contributed by atoms with E-state index >= 15 is 0 Å². The van der Waals surface area contributed by atoms with Gasteiger partial charge in [-0.25, -0.2) is 0 Å². The van der Waals surface area contributed by atoms with Gasteiger partial charge in [-0.1, -0.05) is 6.92 Å². The maximum absolute atomic E-state index is 3.37. The minimum atomic E-state index is 0.733. The third-order valence-corrected chi connectivity index (χ3v) is 4.07. The molecule has 0 bridgehead atoms. The Morgan fingerprint density at radius 1 is 1.57 bits per heavy atom. The van der Waals surface area contributed by atoms with Crippen LogP contribution in [0, 0.1) is 0 Å². The largest absolute Gasteiger partial charge is 0.316 e. The van der Waals surface area contributed by atoms with Gasteiger partial charge in [-0.2, -0.15) is 11.8 Å². The molecule has 2 nitrogen and oxygen atoms in total. The number of likely N-dealkylation sites (tertiary alicyclic amines) is 1. The molecule has 0 saturated carbocycles. The van der Waals surface area contributed by atoms with Crippen molar-refractivity contribution in [3.63, 3.8) is 0 Å². The quantitative estimate of drug-likeness (QED) is 0.682. The van der Waals surface area contributed by atoms with Crippen molar-refractivity contribution >= 4 is 11.8 Å². The fourth-order valence-corrected chi connectivity index (χ4v) is 2.80. The van der Waals surface area contributed by atoms with Gasteiger partial charge in [0.25, 0.3) is 0 Å². The van der Waals surface area contributed by atoms with Crippen LogP contribution >= 0.6 is 11.8 Å². The number of hydrogen-bond acceptors (Lipinski definition) is 3. The van der Waals surface area contributed by atoms with Crippen molar-refractivity contribution in [3.05, 3.63) is 0 Å². The Kier molecular flexibility index (Phi) is 5.90. The van der Waals surface area contributed by atoms with Crippen molar-refractivity contribution in [2.24, 2.45) is 0 Å². The van der Waals surface area contributed by atoms with Crippen LogP contribution in [0.3, 0.4) is 0 Å². The Labute approximate surface area is 92.8 Å². The first kappa shape index (κ1) is 12.3. The smallest absolute Gasteiger partial charge is 0.0204 e. The average Bonchev–Trinajstić information content (AvgIpc) is 2.66. The SMILES string of the molecule is CCSCCC(C)N1CCC(NC)C1. The summed E-state index contributed by atoms with van der Waals surface area (Å²) < 4.78 is 0. The third kappa shape index (κ3) is 3.79. The van der Waals surface area contributed by atoms with Crippen LogP contribution in [0.2, 0.25) is 0 Å². The van der Waals surface area contributed by atoms with E-state index < -0.39 is 0 Å². The van der Waals surface area contributed by atoms with E-state index in [1.54, 1.807) is 0 Å². The minimum Gasteiger partial charge on any atom is -0.316 e. The molecular weight excluding hydrogens is 192 g/mol. The molecule has 1 N–H and O–H groups in total. The van der Waals surface area contributed by atoms with Gasteiger partial charge < -0.3 is 5.32 Å². The molecule has 0 spiro atoms. The van der Waals surface area contributed by atoms with Crippen molar-refractivity contribution in [1.29, 1.82) is 0 Å². The second-order valence-corrected chi connectivity index (χ2v) is 5.50. The van der Waals surface area contributed by atoms with Crippen LogP contribution in [0.1, 0.15) is 26.7 Å². The maximum Gasteiger partial charge on any atom is 0.0204 e. The molecule has 1 rings (SSSR count). The van der Waals surface area contributed by atoms with Gasteiger partial charge in [-0.05, 0) is 38.3 Å². The zero-order valence-corrected chi connectivity index (χ0v) is 10.6. The van der Waals surface area contributed by atoms with Crippen LogP contribution in [0.4, 0.5) is 0 Å². The summed E-state index contributed by atoms with van der Waals surface area (Å²) in [6.45, 7) is 7.13. The fourth-order valence-electron chi connectivity index (χ4n) is 2.00. The Morgan fingerprint density at radius 2 is 2.36 bits per heavy atom. The molecule has 14 heavy (non-hydrogen) atoms. The first-order valence-corrected chi connectivity index (χ1v) is 6.92. The summed E-state index contributed by atoms with van der Waals surface area (Å²) in [5.74, 6) is 2.57. The van der Waals surface area contributed by atoms with Crippen LogP contribution in [-0.4, -0.2) is 48.6 Å². The molecule has 0 aliphatic carbocycles. The van der Waals surface area contributed by atoms with Crippen molar-refractivity contribution in [2.45, 2.75) is 38.8 Å². The molecule has 0 radical (unpaired) electrons. The van der Waals surface area contributed by atoms with E-state index in [0.29, 0.717) is 0 Å². The topological polar surface area (TPSA) is 15.3 Å². The number of rotatable bonds is 6. The van der Waals surface area contributed by atoms with E-state index in [-0.39, 0.29) is 0 Å². The number of nitrogens with one attached hydrogen (secondary N) is 1.